The van der Waals surface area contributed by atoms with Crippen molar-refractivity contribution >= 4 is 17.7 Å². The number of hydrogen-bond donors (Lipinski definition) is 2. The van der Waals surface area contributed by atoms with Gasteiger partial charge >= 0.3 is 6.18 Å². The van der Waals surface area contributed by atoms with Gasteiger partial charge in [0, 0.05) is 24.1 Å². The lowest BCUT2D eigenvalue weighted by atomic mass is 10.1. The number of aryl methyl sites for hydroxylation is 1. The zero-order valence-corrected chi connectivity index (χ0v) is 17.5. The molecule has 0 aliphatic carbocycles. The molecule has 3 aromatic rings. The molecule has 1 fully saturated rings. The van der Waals surface area contributed by atoms with Gasteiger partial charge in [0.25, 0.3) is 11.5 Å². The molecule has 168 valence electrons. The van der Waals surface area contributed by atoms with E-state index in [1.165, 1.54) is 47.0 Å². The van der Waals surface area contributed by atoms with Gasteiger partial charge in [-0.25, -0.2) is 0 Å². The standard InChI is InChI=1S/C20H18F3N5O3S/c1-27-8-13(7-24-27)28-19(31)14(18(30)25-16-9-32-10-17(16)29)6-15(26-28)11-2-4-12(5-3-11)20(21,22)23/h2-8,16-17,29H,9-10H2,1H3,(H,25,30). The minimum atomic E-state index is -4.49. The Kier molecular flexibility index (Phi) is 5.82. The Morgan fingerprint density at radius 1 is 1.25 bits per heavy atom. The molecule has 2 unspecified atom stereocenters. The first-order chi connectivity index (χ1) is 15.1. The van der Waals surface area contributed by atoms with Crippen molar-refractivity contribution in [3.8, 4) is 16.9 Å². The number of thioether (sulfide) groups is 1. The lowest BCUT2D eigenvalue weighted by molar-refractivity contribution is -0.137. The van der Waals surface area contributed by atoms with Crippen molar-refractivity contribution < 1.29 is 23.1 Å². The van der Waals surface area contributed by atoms with Crippen LogP contribution in [0.5, 0.6) is 0 Å². The Labute approximate surface area is 184 Å². The predicted molar refractivity (Wildman–Crippen MR) is 112 cm³/mol. The van der Waals surface area contributed by atoms with Crippen molar-refractivity contribution in [3.05, 3.63) is 64.2 Å². The highest BCUT2D eigenvalue weighted by molar-refractivity contribution is 7.99. The first-order valence-corrected chi connectivity index (χ1v) is 10.7. The topological polar surface area (TPSA) is 102 Å². The third kappa shape index (κ3) is 4.41. The van der Waals surface area contributed by atoms with Gasteiger partial charge in [0.15, 0.2) is 0 Å². The minimum Gasteiger partial charge on any atom is -0.390 e. The van der Waals surface area contributed by atoms with Gasteiger partial charge in [0.1, 0.15) is 11.3 Å². The van der Waals surface area contributed by atoms with E-state index in [0.717, 1.165) is 16.8 Å². The van der Waals surface area contributed by atoms with Gasteiger partial charge in [-0.3, -0.25) is 14.3 Å². The fraction of sp³-hybridized carbons (Fsp3) is 0.300. The molecule has 1 amide bonds. The molecule has 0 radical (unpaired) electrons. The van der Waals surface area contributed by atoms with E-state index < -0.39 is 35.4 Å². The number of amides is 1. The van der Waals surface area contributed by atoms with Crippen molar-refractivity contribution in [2.45, 2.75) is 18.3 Å². The van der Waals surface area contributed by atoms with Gasteiger partial charge < -0.3 is 10.4 Å². The van der Waals surface area contributed by atoms with Crippen molar-refractivity contribution in [1.29, 1.82) is 0 Å². The zero-order chi connectivity index (χ0) is 23.0. The molecular weight excluding hydrogens is 447 g/mol. The maximum atomic E-state index is 13.0. The minimum absolute atomic E-state index is 0.133. The molecule has 2 atom stereocenters. The SMILES string of the molecule is Cn1cc(-n2nc(-c3ccc(C(F)(F)F)cc3)cc(C(=O)NC3CSCC3O)c2=O)cn1. The molecular formula is C20H18F3N5O3S. The van der Waals surface area contributed by atoms with Crippen LogP contribution in [-0.4, -0.2) is 54.2 Å². The number of hydrogen-bond acceptors (Lipinski definition) is 6. The molecule has 8 nitrogen and oxygen atoms in total. The summed E-state index contributed by atoms with van der Waals surface area (Å²) in [5, 5.41) is 20.9. The maximum Gasteiger partial charge on any atom is 0.416 e. The fourth-order valence-corrected chi connectivity index (χ4v) is 4.42. The third-order valence-corrected chi connectivity index (χ3v) is 6.14. The van der Waals surface area contributed by atoms with Crippen molar-refractivity contribution in [2.24, 2.45) is 7.05 Å². The number of aliphatic hydroxyl groups excluding tert-OH is 1. The summed E-state index contributed by atoms with van der Waals surface area (Å²) in [4.78, 5) is 25.9. The highest BCUT2D eigenvalue weighted by Crippen LogP contribution is 2.30. The van der Waals surface area contributed by atoms with Crippen LogP contribution in [0, 0.1) is 0 Å². The molecule has 32 heavy (non-hydrogen) atoms. The highest BCUT2D eigenvalue weighted by atomic mass is 32.2. The molecule has 3 heterocycles. The van der Waals surface area contributed by atoms with Crippen LogP contribution in [0.3, 0.4) is 0 Å². The van der Waals surface area contributed by atoms with E-state index in [1.807, 2.05) is 0 Å². The van der Waals surface area contributed by atoms with Gasteiger partial charge in [-0.1, -0.05) is 12.1 Å². The van der Waals surface area contributed by atoms with E-state index in [-0.39, 0.29) is 16.9 Å². The monoisotopic (exact) mass is 465 g/mol. The molecule has 1 saturated heterocycles. The van der Waals surface area contributed by atoms with Crippen LogP contribution in [0.15, 0.2) is 47.5 Å². The number of alkyl halides is 3. The Morgan fingerprint density at radius 2 is 1.97 bits per heavy atom. The number of carbonyl (C=O) groups is 1. The number of nitrogens with zero attached hydrogens (tertiary/aromatic N) is 4. The summed E-state index contributed by atoms with van der Waals surface area (Å²) in [5.41, 5.74) is -1.08. The second-order valence-corrected chi connectivity index (χ2v) is 8.37. The number of benzene rings is 1. The predicted octanol–water partition coefficient (Wildman–Crippen LogP) is 1.86. The number of aromatic nitrogens is 4. The normalized spacial score (nSPS) is 18.7. The Hall–Kier alpha value is -3.12. The van der Waals surface area contributed by atoms with E-state index >= 15 is 0 Å². The van der Waals surface area contributed by atoms with Crippen LogP contribution in [-0.2, 0) is 13.2 Å². The van der Waals surface area contributed by atoms with Crippen LogP contribution in [0.1, 0.15) is 15.9 Å². The molecule has 2 aromatic heterocycles. The molecule has 0 bridgehead atoms. The molecule has 4 rings (SSSR count). The first-order valence-electron chi connectivity index (χ1n) is 9.51. The van der Waals surface area contributed by atoms with Crippen LogP contribution < -0.4 is 10.9 Å². The Bertz CT molecular complexity index is 1210. The average Bonchev–Trinajstić information content (AvgIpc) is 3.35. The maximum absolute atomic E-state index is 13.0. The smallest absolute Gasteiger partial charge is 0.390 e. The summed E-state index contributed by atoms with van der Waals surface area (Å²) in [6.07, 6.45) is -2.33. The van der Waals surface area contributed by atoms with Crippen LogP contribution in [0.25, 0.3) is 16.9 Å². The molecule has 2 N–H and O–H groups in total. The van der Waals surface area contributed by atoms with Crippen molar-refractivity contribution in [1.82, 2.24) is 24.9 Å². The summed E-state index contributed by atoms with van der Waals surface area (Å²) in [6, 6.07) is 4.98. The van der Waals surface area contributed by atoms with Crippen molar-refractivity contribution in [2.75, 3.05) is 11.5 Å². The van der Waals surface area contributed by atoms with E-state index in [1.54, 1.807) is 7.05 Å². The quantitative estimate of drug-likeness (QED) is 0.610. The number of rotatable bonds is 4. The summed E-state index contributed by atoms with van der Waals surface area (Å²) >= 11 is 1.47. The van der Waals surface area contributed by atoms with Crippen molar-refractivity contribution in [3.63, 3.8) is 0 Å². The molecule has 1 aromatic carbocycles. The second-order valence-electron chi connectivity index (χ2n) is 7.29. The van der Waals surface area contributed by atoms with Gasteiger partial charge in [0.05, 0.1) is 35.8 Å². The summed E-state index contributed by atoms with van der Waals surface area (Å²) in [6.45, 7) is 0. The largest absolute Gasteiger partial charge is 0.416 e. The van der Waals surface area contributed by atoms with Gasteiger partial charge in [-0.15, -0.1) is 0 Å². The number of carbonyl (C=O) groups excluding carboxylic acids is 1. The number of halogens is 3. The van der Waals surface area contributed by atoms with Gasteiger partial charge in [-0.2, -0.15) is 39.8 Å². The summed E-state index contributed by atoms with van der Waals surface area (Å²) < 4.78 is 41.2. The van der Waals surface area contributed by atoms with Crippen LogP contribution in [0.4, 0.5) is 13.2 Å². The van der Waals surface area contributed by atoms with E-state index in [9.17, 15) is 27.9 Å². The van der Waals surface area contributed by atoms with E-state index in [0.29, 0.717) is 17.1 Å². The number of nitrogens with one attached hydrogen (secondary N) is 1. The van der Waals surface area contributed by atoms with Crippen LogP contribution >= 0.6 is 11.8 Å². The van der Waals surface area contributed by atoms with Gasteiger partial charge in [0.2, 0.25) is 0 Å². The molecule has 0 saturated carbocycles. The van der Waals surface area contributed by atoms with Gasteiger partial charge in [-0.05, 0) is 18.2 Å². The zero-order valence-electron chi connectivity index (χ0n) is 16.7. The molecule has 1 aliphatic rings. The van der Waals surface area contributed by atoms with E-state index in [2.05, 4.69) is 15.5 Å². The molecule has 1 aliphatic heterocycles. The van der Waals surface area contributed by atoms with E-state index in [4.69, 9.17) is 0 Å². The van der Waals surface area contributed by atoms with Crippen LogP contribution in [0.2, 0.25) is 0 Å². The highest BCUT2D eigenvalue weighted by Gasteiger charge is 2.31. The summed E-state index contributed by atoms with van der Waals surface area (Å²) in [7, 11) is 1.64. The average molecular weight is 465 g/mol. The Balaban J connectivity index is 1.79. The second kappa shape index (κ2) is 8.43. The number of aliphatic hydroxyl groups is 1. The molecule has 12 heteroatoms. The third-order valence-electron chi connectivity index (χ3n) is 4.97. The lowest BCUT2D eigenvalue weighted by Gasteiger charge is -2.16. The lowest BCUT2D eigenvalue weighted by Crippen LogP contribution is -2.44. The first kappa shape index (κ1) is 22.1. The summed E-state index contributed by atoms with van der Waals surface area (Å²) in [5.74, 6) is 0.271. The Morgan fingerprint density at radius 3 is 2.53 bits per heavy atom. The molecule has 0 spiro atoms. The fourth-order valence-electron chi connectivity index (χ4n) is 3.25.